The Kier molecular flexibility index (Phi) is 4.26. The van der Waals surface area contributed by atoms with Gasteiger partial charge in [-0.3, -0.25) is 14.9 Å². The summed E-state index contributed by atoms with van der Waals surface area (Å²) in [5, 5.41) is 14.1. The maximum Gasteiger partial charge on any atom is 0.293 e. The van der Waals surface area contributed by atoms with Gasteiger partial charge in [-0.15, -0.1) is 0 Å². The molecule has 1 fully saturated rings. The lowest BCUT2D eigenvalue weighted by Gasteiger charge is -2.19. The number of likely N-dealkylation sites (N-methyl/N-ethyl adjacent to an activating group) is 1. The van der Waals surface area contributed by atoms with Crippen LogP contribution < -0.4 is 10.2 Å². The number of amides is 1. The molecule has 6 nitrogen and oxygen atoms in total. The van der Waals surface area contributed by atoms with Crippen LogP contribution in [0.5, 0.6) is 0 Å². The van der Waals surface area contributed by atoms with Crippen LogP contribution in [-0.4, -0.2) is 30.5 Å². The van der Waals surface area contributed by atoms with E-state index in [2.05, 4.69) is 11.9 Å². The maximum absolute atomic E-state index is 12.0. The summed E-state index contributed by atoms with van der Waals surface area (Å²) in [6.45, 7) is 6.19. The number of hydrogen-bond donors (Lipinski definition) is 1. The molecular weight excluding hydrogens is 270 g/mol. The minimum absolute atomic E-state index is 0.0674. The van der Waals surface area contributed by atoms with E-state index in [1.54, 1.807) is 24.1 Å². The first-order valence-corrected chi connectivity index (χ1v) is 6.83. The molecule has 1 aromatic carbocycles. The van der Waals surface area contributed by atoms with Crippen molar-refractivity contribution < 1.29 is 9.72 Å². The van der Waals surface area contributed by atoms with Crippen LogP contribution in [0.3, 0.4) is 0 Å². The third-order valence-electron chi connectivity index (χ3n) is 3.27. The lowest BCUT2D eigenvalue weighted by molar-refractivity contribution is -0.384. The Balaban J connectivity index is 2.27. The summed E-state index contributed by atoms with van der Waals surface area (Å²) in [5.74, 6) is -0.255. The van der Waals surface area contributed by atoms with E-state index in [0.717, 1.165) is 18.4 Å². The van der Waals surface area contributed by atoms with Gasteiger partial charge in [0.15, 0.2) is 0 Å². The van der Waals surface area contributed by atoms with Gasteiger partial charge in [0.25, 0.3) is 11.6 Å². The Bertz CT molecular complexity index is 594. The van der Waals surface area contributed by atoms with E-state index in [1.807, 2.05) is 6.92 Å². The van der Waals surface area contributed by atoms with Gasteiger partial charge >= 0.3 is 0 Å². The maximum atomic E-state index is 12.0. The average Bonchev–Trinajstić information content (AvgIpc) is 3.21. The second-order valence-corrected chi connectivity index (χ2v) is 5.52. The predicted octanol–water partition coefficient (Wildman–Crippen LogP) is 2.50. The highest BCUT2D eigenvalue weighted by atomic mass is 16.6. The Labute approximate surface area is 123 Å². The van der Waals surface area contributed by atoms with Gasteiger partial charge < -0.3 is 10.2 Å². The molecule has 0 bridgehead atoms. The molecule has 0 unspecified atom stereocenters. The van der Waals surface area contributed by atoms with Crippen LogP contribution in [-0.2, 0) is 0 Å². The van der Waals surface area contributed by atoms with Crippen LogP contribution in [0.4, 0.5) is 11.4 Å². The van der Waals surface area contributed by atoms with Crippen molar-refractivity contribution in [2.75, 3.05) is 18.5 Å². The van der Waals surface area contributed by atoms with Crippen LogP contribution in [0.2, 0.25) is 0 Å². The van der Waals surface area contributed by atoms with Gasteiger partial charge in [0.05, 0.1) is 4.92 Å². The Morgan fingerprint density at radius 3 is 2.71 bits per heavy atom. The molecule has 0 radical (unpaired) electrons. The molecule has 0 spiro atoms. The van der Waals surface area contributed by atoms with Crippen molar-refractivity contribution in [2.45, 2.75) is 25.8 Å². The predicted molar refractivity (Wildman–Crippen MR) is 81.7 cm³/mol. The minimum atomic E-state index is -0.460. The highest BCUT2D eigenvalue weighted by Crippen LogP contribution is 2.29. The summed E-state index contributed by atoms with van der Waals surface area (Å²) < 4.78 is 0. The fourth-order valence-electron chi connectivity index (χ4n) is 2.12. The van der Waals surface area contributed by atoms with Crippen molar-refractivity contribution >= 4 is 17.3 Å². The number of nitrogens with zero attached hydrogens (tertiary/aromatic N) is 2. The van der Waals surface area contributed by atoms with Gasteiger partial charge in [-0.25, -0.2) is 0 Å². The molecule has 21 heavy (non-hydrogen) atoms. The van der Waals surface area contributed by atoms with E-state index in [4.69, 9.17) is 0 Å². The lowest BCUT2D eigenvalue weighted by Crippen LogP contribution is -2.26. The first-order chi connectivity index (χ1) is 9.88. The van der Waals surface area contributed by atoms with Gasteiger partial charge in [-0.1, -0.05) is 12.2 Å². The molecule has 6 heteroatoms. The van der Waals surface area contributed by atoms with Crippen LogP contribution in [0.25, 0.3) is 0 Å². The number of benzene rings is 1. The zero-order chi connectivity index (χ0) is 15.6. The zero-order valence-electron chi connectivity index (χ0n) is 12.3. The molecule has 0 aromatic heterocycles. The normalized spacial score (nSPS) is 13.6. The number of carbonyl (C=O) groups excluding carboxylic acids is 1. The first-order valence-electron chi connectivity index (χ1n) is 6.83. The van der Waals surface area contributed by atoms with E-state index in [1.165, 1.54) is 6.07 Å². The quantitative estimate of drug-likeness (QED) is 0.496. The Morgan fingerprint density at radius 2 is 2.19 bits per heavy atom. The first kappa shape index (κ1) is 15.0. The van der Waals surface area contributed by atoms with Crippen molar-refractivity contribution in [1.29, 1.82) is 0 Å². The summed E-state index contributed by atoms with van der Waals surface area (Å²) in [7, 11) is 1.76. The second-order valence-electron chi connectivity index (χ2n) is 5.52. The largest absolute Gasteiger partial charge is 0.365 e. The van der Waals surface area contributed by atoms with Crippen LogP contribution in [0.15, 0.2) is 30.4 Å². The number of nitrogens with one attached hydrogen (secondary N) is 1. The zero-order valence-corrected chi connectivity index (χ0v) is 12.3. The fourth-order valence-corrected chi connectivity index (χ4v) is 2.12. The van der Waals surface area contributed by atoms with E-state index in [0.29, 0.717) is 17.8 Å². The summed E-state index contributed by atoms with van der Waals surface area (Å²) in [6, 6.07) is 4.79. The van der Waals surface area contributed by atoms with Crippen molar-refractivity contribution in [2.24, 2.45) is 0 Å². The monoisotopic (exact) mass is 289 g/mol. The van der Waals surface area contributed by atoms with Gasteiger partial charge in [0.1, 0.15) is 5.69 Å². The second kappa shape index (κ2) is 5.95. The standard InChI is InChI=1S/C15H19N3O3/c1-10(2)9-17(3)13-7-4-11(8-14(13)18(20)21)15(19)16-12-5-6-12/h4,7-8,12H,1,5-6,9H2,2-3H3,(H,16,19). The van der Waals surface area contributed by atoms with Gasteiger partial charge in [0, 0.05) is 31.3 Å². The van der Waals surface area contributed by atoms with E-state index < -0.39 is 4.92 Å². The summed E-state index contributed by atoms with van der Waals surface area (Å²) in [5.41, 5.74) is 1.64. The number of rotatable bonds is 6. The highest BCUT2D eigenvalue weighted by molar-refractivity contribution is 5.96. The molecule has 0 heterocycles. The van der Waals surface area contributed by atoms with E-state index >= 15 is 0 Å². The van der Waals surface area contributed by atoms with E-state index in [-0.39, 0.29) is 17.6 Å². The molecule has 2 rings (SSSR count). The van der Waals surface area contributed by atoms with Crippen LogP contribution >= 0.6 is 0 Å². The number of hydrogen-bond acceptors (Lipinski definition) is 4. The molecule has 1 amide bonds. The summed E-state index contributed by atoms with van der Waals surface area (Å²) >= 11 is 0. The molecule has 0 atom stereocenters. The molecule has 1 aliphatic rings. The third-order valence-corrected chi connectivity index (χ3v) is 3.27. The summed E-state index contributed by atoms with van der Waals surface area (Å²) in [4.78, 5) is 24.5. The van der Waals surface area contributed by atoms with Gasteiger partial charge in [-0.05, 0) is 31.9 Å². The Hall–Kier alpha value is -2.37. The van der Waals surface area contributed by atoms with Gasteiger partial charge in [-0.2, -0.15) is 0 Å². The average molecular weight is 289 g/mol. The van der Waals surface area contributed by atoms with Crippen molar-refractivity contribution in [3.8, 4) is 0 Å². The smallest absolute Gasteiger partial charge is 0.293 e. The molecule has 1 aromatic rings. The molecule has 1 saturated carbocycles. The molecule has 0 saturated heterocycles. The highest BCUT2D eigenvalue weighted by Gasteiger charge is 2.25. The molecule has 112 valence electrons. The molecular formula is C15H19N3O3. The number of anilines is 1. The Morgan fingerprint density at radius 1 is 1.52 bits per heavy atom. The van der Waals surface area contributed by atoms with Crippen LogP contribution in [0.1, 0.15) is 30.1 Å². The topological polar surface area (TPSA) is 75.5 Å². The van der Waals surface area contributed by atoms with Crippen LogP contribution in [0, 0.1) is 10.1 Å². The minimum Gasteiger partial charge on any atom is -0.365 e. The SMILES string of the molecule is C=C(C)CN(C)c1ccc(C(=O)NC2CC2)cc1[N+](=O)[O-]. The van der Waals surface area contributed by atoms with Crippen molar-refractivity contribution in [3.63, 3.8) is 0 Å². The fraction of sp³-hybridized carbons (Fsp3) is 0.400. The number of nitro benzene ring substituents is 1. The third kappa shape index (κ3) is 3.81. The van der Waals surface area contributed by atoms with Crippen molar-refractivity contribution in [3.05, 3.63) is 46.0 Å². The number of carbonyl (C=O) groups is 1. The van der Waals surface area contributed by atoms with E-state index in [9.17, 15) is 14.9 Å². The molecule has 0 aliphatic heterocycles. The molecule has 1 aliphatic carbocycles. The molecule has 1 N–H and O–H groups in total. The van der Waals surface area contributed by atoms with Gasteiger partial charge in [0.2, 0.25) is 0 Å². The lowest BCUT2D eigenvalue weighted by atomic mass is 10.1. The number of nitro groups is 1. The summed E-state index contributed by atoms with van der Waals surface area (Å²) in [6.07, 6.45) is 1.96. The van der Waals surface area contributed by atoms with Crippen molar-refractivity contribution in [1.82, 2.24) is 5.32 Å².